The monoisotopic (exact) mass is 1010 g/mol. The summed E-state index contributed by atoms with van der Waals surface area (Å²) in [5.41, 5.74) is 6.93. The zero-order valence-electron chi connectivity index (χ0n) is 42.1. The Bertz CT molecular complexity index is 3570. The van der Waals surface area contributed by atoms with E-state index in [2.05, 4.69) is 51.2 Å². The van der Waals surface area contributed by atoms with Crippen LogP contribution in [0.15, 0.2) is 147 Å². The van der Waals surface area contributed by atoms with Gasteiger partial charge in [-0.25, -0.2) is 38.7 Å². The third kappa shape index (κ3) is 8.50. The largest absolute Gasteiger partial charge is 0.489 e. The van der Waals surface area contributed by atoms with E-state index in [1.165, 1.54) is 12.1 Å². The van der Waals surface area contributed by atoms with Crippen LogP contribution >= 0.6 is 0 Å². The van der Waals surface area contributed by atoms with Crippen molar-refractivity contribution in [3.8, 4) is 33.8 Å². The molecule has 4 aromatic carbocycles. The van der Waals surface area contributed by atoms with Gasteiger partial charge in [0, 0.05) is 107 Å². The second-order valence-electron chi connectivity index (χ2n) is 21.3. The van der Waals surface area contributed by atoms with E-state index in [9.17, 15) is 10.2 Å². The molecule has 16 heteroatoms. The number of hydrogen-bond donors (Lipinski definition) is 2. The van der Waals surface area contributed by atoms with Gasteiger partial charge in [0.05, 0.1) is 34.2 Å². The molecule has 76 heavy (non-hydrogen) atoms. The van der Waals surface area contributed by atoms with Crippen LogP contribution in [0.1, 0.15) is 110 Å². The minimum Gasteiger partial charge on any atom is -0.489 e. The molecule has 0 saturated heterocycles. The number of pyridine rings is 2. The zero-order chi connectivity index (χ0) is 52.0. The Morgan fingerprint density at radius 3 is 1.30 bits per heavy atom. The molecule has 0 radical (unpaired) electrons. The number of para-hydroxylation sites is 2. The number of nitrogens with zero attached hydrogens (tertiary/aromatic N) is 10. The summed E-state index contributed by atoms with van der Waals surface area (Å²) in [6, 6.07) is 30.9. The number of aromatic nitrogens is 10. The Hall–Kier alpha value is -8.34. The predicted octanol–water partition coefficient (Wildman–Crippen LogP) is 11.1. The van der Waals surface area contributed by atoms with Gasteiger partial charge in [-0.2, -0.15) is 0 Å². The third-order valence-corrected chi connectivity index (χ3v) is 15.1. The molecular formula is C60H52F2N10O4. The lowest BCUT2D eigenvalue weighted by Crippen LogP contribution is -2.19. The molecule has 2 N–H and O–H groups in total. The first-order valence-corrected chi connectivity index (χ1v) is 25.5. The molecule has 6 aromatic heterocycles. The number of hydrogen-bond acceptors (Lipinski definition) is 12. The van der Waals surface area contributed by atoms with Crippen molar-refractivity contribution in [1.29, 1.82) is 0 Å². The van der Waals surface area contributed by atoms with E-state index in [0.29, 0.717) is 70.2 Å². The van der Waals surface area contributed by atoms with Gasteiger partial charge < -0.3 is 28.8 Å². The molecule has 0 bridgehead atoms. The zero-order valence-corrected chi connectivity index (χ0v) is 42.1. The van der Waals surface area contributed by atoms with Crippen molar-refractivity contribution in [2.45, 2.75) is 88.9 Å². The molecule has 14 nitrogen and oxygen atoms in total. The molecule has 6 atom stereocenters. The topological polar surface area (TPSA) is 172 Å². The van der Waals surface area contributed by atoms with Gasteiger partial charge in [0.15, 0.2) is 11.6 Å². The van der Waals surface area contributed by atoms with Crippen LogP contribution in [0.4, 0.5) is 8.78 Å². The summed E-state index contributed by atoms with van der Waals surface area (Å²) in [4.78, 5) is 35.0. The average molecular weight is 1020 g/mol. The van der Waals surface area contributed by atoms with Crippen molar-refractivity contribution in [3.63, 3.8) is 0 Å². The van der Waals surface area contributed by atoms with Crippen molar-refractivity contribution in [1.82, 2.24) is 49.0 Å². The van der Waals surface area contributed by atoms with Crippen LogP contribution in [0.5, 0.6) is 11.5 Å². The van der Waals surface area contributed by atoms with Crippen molar-refractivity contribution in [2.75, 3.05) is 0 Å². The first kappa shape index (κ1) is 47.4. The fraction of sp³-hybridized carbons (Fsp3) is 0.267. The second kappa shape index (κ2) is 18.2. The molecule has 2 fully saturated rings. The smallest absolute Gasteiger partial charge is 0.159 e. The maximum absolute atomic E-state index is 15.3. The predicted molar refractivity (Wildman–Crippen MR) is 280 cm³/mol. The number of halogens is 2. The van der Waals surface area contributed by atoms with Crippen LogP contribution in [0, 0.1) is 23.5 Å². The highest BCUT2D eigenvalue weighted by atomic mass is 19.1. The van der Waals surface area contributed by atoms with Crippen LogP contribution in [0.2, 0.25) is 0 Å². The molecule has 2 saturated carbocycles. The Kier molecular flexibility index (Phi) is 11.3. The van der Waals surface area contributed by atoms with Crippen LogP contribution in [0.25, 0.3) is 44.3 Å². The molecule has 4 aliphatic rings. The highest BCUT2D eigenvalue weighted by Gasteiger charge is 2.56. The molecule has 8 heterocycles. The number of fused-ring (bicyclic) bond motifs is 10. The molecular weight excluding hydrogens is 963 g/mol. The molecule has 14 rings (SSSR count). The van der Waals surface area contributed by atoms with E-state index in [1.807, 2.05) is 72.8 Å². The minimum absolute atomic E-state index is 0.0563. The summed E-state index contributed by atoms with van der Waals surface area (Å²) in [6.45, 7) is 7.38. The lowest BCUT2D eigenvalue weighted by atomic mass is 10.0. The Labute approximate surface area is 436 Å². The summed E-state index contributed by atoms with van der Waals surface area (Å²) in [5, 5.41) is 20.4. The Morgan fingerprint density at radius 1 is 0.539 bits per heavy atom. The summed E-state index contributed by atoms with van der Waals surface area (Å²) >= 11 is 0. The van der Waals surface area contributed by atoms with E-state index >= 15 is 8.78 Å². The Balaban J connectivity index is 0.000000146. The van der Waals surface area contributed by atoms with Crippen LogP contribution in [-0.4, -0.2) is 59.2 Å². The number of aliphatic hydroxyl groups is 2. The average Bonchev–Trinajstić information content (AvgIpc) is 4.46. The lowest BCUT2D eigenvalue weighted by Gasteiger charge is -2.21. The number of ether oxygens (including phenoxy) is 2. The van der Waals surface area contributed by atoms with Gasteiger partial charge in [-0.15, -0.1) is 0 Å². The van der Waals surface area contributed by atoms with Gasteiger partial charge in [-0.1, -0.05) is 36.4 Å². The maximum Gasteiger partial charge on any atom is 0.159 e. The molecule has 0 amide bonds. The van der Waals surface area contributed by atoms with Crippen LogP contribution < -0.4 is 9.47 Å². The van der Waals surface area contributed by atoms with E-state index < -0.39 is 11.2 Å². The summed E-state index contributed by atoms with van der Waals surface area (Å²) in [6.07, 6.45) is 15.4. The van der Waals surface area contributed by atoms with E-state index in [0.717, 1.165) is 69.3 Å². The molecule has 2 aliphatic carbocycles. The number of benzene rings is 4. The molecule has 0 unspecified atom stereocenters. The van der Waals surface area contributed by atoms with Gasteiger partial charge >= 0.3 is 0 Å². The fourth-order valence-electron chi connectivity index (χ4n) is 11.2. The standard InChI is InChI=1S/2C30H26FN5O2/c2*1-30(2,37)29-33-14-18(15-34-29)20-12-25-24(13-23(20)31)35-28-22-11-21(22)27(36(25)28)19-5-3-4-6-26(19)38-16-17-7-9-32-10-8-17/h2*3-10,12-15,21-22,27,37H,11,16H2,1-2H3/t21-,22+,27+;21-,22+,27-/m11/s1. The van der Waals surface area contributed by atoms with Gasteiger partial charge in [-0.05, 0) is 112 Å². The molecule has 380 valence electrons. The van der Waals surface area contributed by atoms with Crippen molar-refractivity contribution in [2.24, 2.45) is 11.8 Å². The fourth-order valence-corrected chi connectivity index (χ4v) is 11.2. The molecule has 10 aromatic rings. The van der Waals surface area contributed by atoms with Crippen molar-refractivity contribution in [3.05, 3.63) is 204 Å². The van der Waals surface area contributed by atoms with Crippen molar-refractivity contribution < 1.29 is 28.5 Å². The van der Waals surface area contributed by atoms with E-state index in [-0.39, 0.29) is 35.4 Å². The first-order chi connectivity index (χ1) is 36.8. The Morgan fingerprint density at radius 2 is 0.921 bits per heavy atom. The maximum atomic E-state index is 15.3. The quantitative estimate of drug-likeness (QED) is 0.119. The van der Waals surface area contributed by atoms with Crippen molar-refractivity contribution >= 4 is 22.1 Å². The van der Waals surface area contributed by atoms with Crippen LogP contribution in [-0.2, 0) is 24.4 Å². The van der Waals surface area contributed by atoms with E-state index in [1.54, 1.807) is 77.3 Å². The minimum atomic E-state index is -1.17. The summed E-state index contributed by atoms with van der Waals surface area (Å²) in [5.74, 6) is 5.12. The number of rotatable bonds is 12. The highest BCUT2D eigenvalue weighted by Crippen LogP contribution is 2.64. The summed E-state index contributed by atoms with van der Waals surface area (Å²) < 4.78 is 47.7. The van der Waals surface area contributed by atoms with Gasteiger partial charge in [0.2, 0.25) is 0 Å². The second-order valence-corrected chi connectivity index (χ2v) is 21.3. The SMILES string of the molecule is CC(C)(O)c1ncc(-c2cc3c(cc2F)nc2n3[C@@H](c3ccccc3OCc3ccncc3)[C@@H]3C[C@H]23)cn1.CC(C)(O)c1ncc(-c2cc3c(cc2F)nc2n3[C@H](c3ccccc3OCc3ccncc3)[C@@H]3C[C@H]23)cn1. The van der Waals surface area contributed by atoms with E-state index in [4.69, 9.17) is 19.4 Å². The molecule has 0 spiro atoms. The first-order valence-electron chi connectivity index (χ1n) is 25.5. The van der Waals surface area contributed by atoms with Crippen LogP contribution in [0.3, 0.4) is 0 Å². The normalized spacial score (nSPS) is 19.8. The van der Waals surface area contributed by atoms with Gasteiger partial charge in [0.25, 0.3) is 0 Å². The van der Waals surface area contributed by atoms with Gasteiger partial charge in [-0.3, -0.25) is 9.97 Å². The molecule has 2 aliphatic heterocycles. The van der Waals surface area contributed by atoms with Gasteiger partial charge in [0.1, 0.15) is 59.2 Å². The third-order valence-electron chi connectivity index (χ3n) is 15.1. The highest BCUT2D eigenvalue weighted by molar-refractivity contribution is 5.85. The lowest BCUT2D eigenvalue weighted by molar-refractivity contribution is 0.0682. The summed E-state index contributed by atoms with van der Waals surface area (Å²) in [7, 11) is 0. The number of imidazole rings is 2.